The monoisotopic (exact) mass is 322 g/mol. The first-order valence-electron chi connectivity index (χ1n) is 6.69. The van der Waals surface area contributed by atoms with E-state index >= 15 is 0 Å². The fourth-order valence-electron chi connectivity index (χ4n) is 2.46. The SMILES string of the molecule is [C-]#[N+]c1cc(C(F)(F)F)ccc1N1CCOc2ccc(F)cc21. The van der Waals surface area contributed by atoms with E-state index in [1.807, 2.05) is 0 Å². The zero-order valence-corrected chi connectivity index (χ0v) is 11.7. The summed E-state index contributed by atoms with van der Waals surface area (Å²) in [6.45, 7) is 7.75. The van der Waals surface area contributed by atoms with Crippen LogP contribution in [0.2, 0.25) is 0 Å². The quantitative estimate of drug-likeness (QED) is 0.547. The molecule has 0 N–H and O–H groups in total. The lowest BCUT2D eigenvalue weighted by Crippen LogP contribution is -2.28. The normalized spacial score (nSPS) is 14.0. The molecule has 23 heavy (non-hydrogen) atoms. The second-order valence-corrected chi connectivity index (χ2v) is 4.93. The van der Waals surface area contributed by atoms with Crippen molar-refractivity contribution in [1.29, 1.82) is 0 Å². The van der Waals surface area contributed by atoms with Gasteiger partial charge in [0.2, 0.25) is 5.69 Å². The molecule has 3 nitrogen and oxygen atoms in total. The largest absolute Gasteiger partial charge is 0.490 e. The maximum Gasteiger partial charge on any atom is 0.415 e. The van der Waals surface area contributed by atoms with E-state index < -0.39 is 17.6 Å². The third-order valence-electron chi connectivity index (χ3n) is 3.50. The van der Waals surface area contributed by atoms with Gasteiger partial charge in [0.25, 0.3) is 0 Å². The van der Waals surface area contributed by atoms with Crippen LogP contribution < -0.4 is 9.64 Å². The summed E-state index contributed by atoms with van der Waals surface area (Å²) < 4.78 is 57.3. The van der Waals surface area contributed by atoms with Crippen LogP contribution in [0.5, 0.6) is 5.75 Å². The van der Waals surface area contributed by atoms with Crippen LogP contribution in [-0.4, -0.2) is 13.2 Å². The van der Waals surface area contributed by atoms with Crippen LogP contribution in [0, 0.1) is 12.4 Å². The molecule has 0 radical (unpaired) electrons. The van der Waals surface area contributed by atoms with Crippen molar-refractivity contribution < 1.29 is 22.3 Å². The average Bonchev–Trinajstić information content (AvgIpc) is 2.52. The predicted molar refractivity (Wildman–Crippen MR) is 76.6 cm³/mol. The molecule has 0 bridgehead atoms. The van der Waals surface area contributed by atoms with Gasteiger partial charge in [0, 0.05) is 17.3 Å². The number of anilines is 2. The molecule has 0 unspecified atom stereocenters. The lowest BCUT2D eigenvalue weighted by atomic mass is 10.1. The minimum atomic E-state index is -4.52. The fourth-order valence-corrected chi connectivity index (χ4v) is 2.46. The highest BCUT2D eigenvalue weighted by Gasteiger charge is 2.32. The highest BCUT2D eigenvalue weighted by molar-refractivity contribution is 5.80. The lowest BCUT2D eigenvalue weighted by molar-refractivity contribution is -0.137. The van der Waals surface area contributed by atoms with Gasteiger partial charge in [-0.15, -0.1) is 0 Å². The van der Waals surface area contributed by atoms with E-state index in [9.17, 15) is 17.6 Å². The molecule has 0 aliphatic carbocycles. The predicted octanol–water partition coefficient (Wildman–Crippen LogP) is 4.93. The van der Waals surface area contributed by atoms with Gasteiger partial charge in [-0.05, 0) is 24.3 Å². The number of nitrogens with zero attached hydrogens (tertiary/aromatic N) is 2. The molecule has 0 amide bonds. The summed E-state index contributed by atoms with van der Waals surface area (Å²) in [5.41, 5.74) is -0.346. The Bertz CT molecular complexity index is 796. The summed E-state index contributed by atoms with van der Waals surface area (Å²) in [5.74, 6) is -0.0657. The molecule has 2 aromatic carbocycles. The van der Waals surface area contributed by atoms with Gasteiger partial charge in [-0.3, -0.25) is 0 Å². The number of rotatable bonds is 1. The maximum absolute atomic E-state index is 13.5. The van der Waals surface area contributed by atoms with E-state index in [1.54, 1.807) is 4.90 Å². The first-order chi connectivity index (χ1) is 10.9. The van der Waals surface area contributed by atoms with Gasteiger partial charge in [0.15, 0.2) is 0 Å². The van der Waals surface area contributed by atoms with Gasteiger partial charge in [-0.2, -0.15) is 13.2 Å². The van der Waals surface area contributed by atoms with Crippen molar-refractivity contribution in [3.8, 4) is 5.75 Å². The Morgan fingerprint density at radius 3 is 2.57 bits per heavy atom. The van der Waals surface area contributed by atoms with Gasteiger partial charge in [0.1, 0.15) is 18.2 Å². The fraction of sp³-hybridized carbons (Fsp3) is 0.188. The Kier molecular flexibility index (Phi) is 3.60. The highest BCUT2D eigenvalue weighted by atomic mass is 19.4. The molecule has 0 saturated carbocycles. The summed E-state index contributed by atoms with van der Waals surface area (Å²) in [5, 5.41) is 0. The molecular weight excluding hydrogens is 312 g/mol. The zero-order chi connectivity index (χ0) is 16.6. The molecule has 1 heterocycles. The number of halogens is 4. The van der Waals surface area contributed by atoms with Crippen LogP contribution in [0.4, 0.5) is 34.6 Å². The molecule has 118 valence electrons. The molecular formula is C16H10F4N2O. The van der Waals surface area contributed by atoms with Crippen molar-refractivity contribution in [2.75, 3.05) is 18.1 Å². The van der Waals surface area contributed by atoms with Crippen molar-refractivity contribution in [1.82, 2.24) is 0 Å². The molecule has 0 fully saturated rings. The van der Waals surface area contributed by atoms with E-state index in [0.29, 0.717) is 23.7 Å². The maximum atomic E-state index is 13.5. The number of fused-ring (bicyclic) bond motifs is 1. The Balaban J connectivity index is 2.11. The van der Waals surface area contributed by atoms with Gasteiger partial charge < -0.3 is 9.64 Å². The second-order valence-electron chi connectivity index (χ2n) is 4.93. The molecule has 1 aliphatic rings. The third-order valence-corrected chi connectivity index (χ3v) is 3.50. The van der Waals surface area contributed by atoms with Crippen LogP contribution >= 0.6 is 0 Å². The molecule has 0 atom stereocenters. The first-order valence-corrected chi connectivity index (χ1v) is 6.69. The summed E-state index contributed by atoms with van der Waals surface area (Å²) in [4.78, 5) is 4.78. The van der Waals surface area contributed by atoms with Crippen LogP contribution in [0.15, 0.2) is 36.4 Å². The average molecular weight is 322 g/mol. The highest BCUT2D eigenvalue weighted by Crippen LogP contribution is 2.43. The second kappa shape index (κ2) is 5.47. The van der Waals surface area contributed by atoms with E-state index in [0.717, 1.165) is 12.1 Å². The molecule has 2 aromatic rings. The van der Waals surface area contributed by atoms with E-state index in [4.69, 9.17) is 11.3 Å². The van der Waals surface area contributed by atoms with E-state index in [1.165, 1.54) is 24.3 Å². The Labute approximate surface area is 129 Å². The van der Waals surface area contributed by atoms with Crippen LogP contribution in [0.3, 0.4) is 0 Å². The van der Waals surface area contributed by atoms with Crippen molar-refractivity contribution in [2.24, 2.45) is 0 Å². The van der Waals surface area contributed by atoms with Crippen LogP contribution in [0.25, 0.3) is 4.85 Å². The number of benzene rings is 2. The van der Waals surface area contributed by atoms with Crippen molar-refractivity contribution in [3.05, 3.63) is 59.2 Å². The van der Waals surface area contributed by atoms with Crippen LogP contribution in [0.1, 0.15) is 5.56 Å². The number of alkyl halides is 3. The van der Waals surface area contributed by atoms with E-state index in [-0.39, 0.29) is 12.3 Å². The molecule has 0 spiro atoms. The molecule has 3 rings (SSSR count). The Hall–Kier alpha value is -2.75. The molecule has 7 heteroatoms. The lowest BCUT2D eigenvalue weighted by Gasteiger charge is -2.32. The van der Waals surface area contributed by atoms with Crippen molar-refractivity contribution >= 4 is 17.1 Å². The van der Waals surface area contributed by atoms with Gasteiger partial charge in [-0.1, -0.05) is 6.07 Å². The molecule has 0 aromatic heterocycles. The summed E-state index contributed by atoms with van der Waals surface area (Å²) in [7, 11) is 0. The Morgan fingerprint density at radius 2 is 1.87 bits per heavy atom. The Morgan fingerprint density at radius 1 is 1.09 bits per heavy atom. The summed E-state index contributed by atoms with van der Waals surface area (Å²) in [6, 6.07) is 6.88. The number of hydrogen-bond acceptors (Lipinski definition) is 2. The van der Waals surface area contributed by atoms with Gasteiger partial charge >= 0.3 is 6.18 Å². The van der Waals surface area contributed by atoms with Gasteiger partial charge in [-0.25, -0.2) is 9.24 Å². The standard InChI is InChI=1S/C16H10F4N2O/c1-21-12-8-10(16(18,19)20)2-4-13(12)22-6-7-23-15-5-3-11(17)9-14(15)22/h2-5,8-9H,6-7H2. The van der Waals surface area contributed by atoms with Gasteiger partial charge in [0.05, 0.1) is 18.8 Å². The first kappa shape index (κ1) is 15.2. The third kappa shape index (κ3) is 2.80. The van der Waals surface area contributed by atoms with E-state index in [2.05, 4.69) is 4.85 Å². The number of ether oxygens (including phenoxy) is 1. The molecule has 1 aliphatic heterocycles. The van der Waals surface area contributed by atoms with Crippen molar-refractivity contribution in [3.63, 3.8) is 0 Å². The molecule has 0 saturated heterocycles. The van der Waals surface area contributed by atoms with Crippen molar-refractivity contribution in [2.45, 2.75) is 6.18 Å². The minimum absolute atomic E-state index is 0.142. The number of hydrogen-bond donors (Lipinski definition) is 0. The van der Waals surface area contributed by atoms with Crippen LogP contribution in [-0.2, 0) is 6.18 Å². The minimum Gasteiger partial charge on any atom is -0.490 e. The summed E-state index contributed by atoms with van der Waals surface area (Å²) in [6.07, 6.45) is -4.52. The smallest absolute Gasteiger partial charge is 0.415 e. The summed E-state index contributed by atoms with van der Waals surface area (Å²) >= 11 is 0. The topological polar surface area (TPSA) is 16.8 Å². The zero-order valence-electron chi connectivity index (χ0n) is 11.7.